The summed E-state index contributed by atoms with van der Waals surface area (Å²) in [7, 11) is 1.59. The van der Waals surface area contributed by atoms with Gasteiger partial charge >= 0.3 is 5.97 Å². The van der Waals surface area contributed by atoms with Crippen LogP contribution in [0.2, 0.25) is 0 Å². The van der Waals surface area contributed by atoms with E-state index in [4.69, 9.17) is 4.74 Å². The van der Waals surface area contributed by atoms with E-state index in [1.54, 1.807) is 7.11 Å². The highest BCUT2D eigenvalue weighted by Gasteiger charge is 2.72. The summed E-state index contributed by atoms with van der Waals surface area (Å²) in [6.45, 7) is 1.44. The second kappa shape index (κ2) is 7.64. The number of carbonyl (C=O) groups excluding carboxylic acids is 2. The number of nitriles is 1. The largest absolute Gasteiger partial charge is 0.469 e. The lowest BCUT2D eigenvalue weighted by Crippen LogP contribution is -2.67. The van der Waals surface area contributed by atoms with Crippen molar-refractivity contribution in [2.45, 2.75) is 90.0 Å². The number of esters is 1. The van der Waals surface area contributed by atoms with Gasteiger partial charge in [-0.3, -0.25) is 9.59 Å². The van der Waals surface area contributed by atoms with Gasteiger partial charge < -0.3 is 9.64 Å². The fourth-order valence-corrected chi connectivity index (χ4v) is 12.6. The molecular formula is C33H40N2O3. The molecule has 0 spiro atoms. The number of hydrogen-bond donors (Lipinski definition) is 0. The lowest BCUT2D eigenvalue weighted by Gasteiger charge is -2.73. The van der Waals surface area contributed by atoms with Gasteiger partial charge in [-0.2, -0.15) is 5.26 Å². The summed E-state index contributed by atoms with van der Waals surface area (Å²) in [5.74, 6) is 3.08. The lowest BCUT2D eigenvalue weighted by molar-refractivity contribution is -0.241. The molecule has 0 saturated heterocycles. The Kier molecular flexibility index (Phi) is 4.73. The van der Waals surface area contributed by atoms with Crippen LogP contribution >= 0.6 is 0 Å². The number of hydrogen-bond acceptors (Lipinski definition) is 4. The number of nitrogens with zero attached hydrogens (tertiary/aromatic N) is 2. The van der Waals surface area contributed by atoms with Gasteiger partial charge in [0.25, 0.3) is 0 Å². The van der Waals surface area contributed by atoms with E-state index < -0.39 is 0 Å². The van der Waals surface area contributed by atoms with E-state index in [9.17, 15) is 14.9 Å². The van der Waals surface area contributed by atoms with Crippen LogP contribution in [-0.4, -0.2) is 30.4 Å². The SMILES string of the molecule is COC(=O)C12CC3CC(C1)CC(C14CC5CC(CC(C(=O)N6CCc7ccc(C#N)cc7C6)(C5)C1)C4)(C3)C2. The molecule has 4 atom stereocenters. The van der Waals surface area contributed by atoms with Gasteiger partial charge in [0.1, 0.15) is 0 Å². The predicted octanol–water partition coefficient (Wildman–Crippen LogP) is 5.79. The second-order valence-electron chi connectivity index (χ2n) is 15.1. The zero-order valence-corrected chi connectivity index (χ0v) is 22.8. The van der Waals surface area contributed by atoms with Gasteiger partial charge in [0.2, 0.25) is 5.91 Å². The van der Waals surface area contributed by atoms with E-state index in [0.29, 0.717) is 41.7 Å². The van der Waals surface area contributed by atoms with Crippen LogP contribution in [0.5, 0.6) is 0 Å². The number of benzene rings is 1. The summed E-state index contributed by atoms with van der Waals surface area (Å²) in [5, 5.41) is 9.42. The Morgan fingerprint density at radius 3 is 2.03 bits per heavy atom. The molecule has 4 unspecified atom stereocenters. The Labute approximate surface area is 226 Å². The molecule has 1 aromatic carbocycles. The third-order valence-electron chi connectivity index (χ3n) is 13.0. The lowest BCUT2D eigenvalue weighted by atomic mass is 9.31. The first-order valence-electron chi connectivity index (χ1n) is 15.2. The molecule has 8 saturated carbocycles. The average Bonchev–Trinajstić information content (AvgIpc) is 2.90. The Morgan fingerprint density at radius 2 is 1.45 bits per heavy atom. The maximum absolute atomic E-state index is 14.6. The molecule has 1 aliphatic heterocycles. The van der Waals surface area contributed by atoms with Gasteiger partial charge in [0, 0.05) is 13.1 Å². The normalized spacial score (nSPS) is 45.5. The molecule has 10 rings (SSSR count). The van der Waals surface area contributed by atoms with Crippen LogP contribution in [0.4, 0.5) is 0 Å². The first kappa shape index (κ1) is 23.5. The molecule has 8 aliphatic carbocycles. The number of amides is 1. The Bertz CT molecular complexity index is 1250. The van der Waals surface area contributed by atoms with Crippen molar-refractivity contribution in [3.8, 4) is 6.07 Å². The molecule has 38 heavy (non-hydrogen) atoms. The highest BCUT2D eigenvalue weighted by atomic mass is 16.5. The van der Waals surface area contributed by atoms with E-state index in [2.05, 4.69) is 17.0 Å². The molecule has 0 radical (unpaired) electrons. The van der Waals surface area contributed by atoms with Crippen LogP contribution in [0.3, 0.4) is 0 Å². The monoisotopic (exact) mass is 512 g/mol. The van der Waals surface area contributed by atoms with E-state index in [-0.39, 0.29) is 27.6 Å². The van der Waals surface area contributed by atoms with Gasteiger partial charge in [0.05, 0.1) is 29.6 Å². The quantitative estimate of drug-likeness (QED) is 0.481. The molecule has 5 heteroatoms. The maximum atomic E-state index is 14.6. The fraction of sp³-hybridized carbons (Fsp3) is 0.727. The highest BCUT2D eigenvalue weighted by molar-refractivity contribution is 5.84. The average molecular weight is 513 g/mol. The fourth-order valence-electron chi connectivity index (χ4n) is 12.6. The zero-order chi connectivity index (χ0) is 25.9. The molecule has 8 fully saturated rings. The third kappa shape index (κ3) is 3.04. The van der Waals surface area contributed by atoms with Crippen molar-refractivity contribution in [1.82, 2.24) is 4.90 Å². The molecule has 200 valence electrons. The first-order valence-corrected chi connectivity index (χ1v) is 15.2. The molecule has 9 aliphatic rings. The number of methoxy groups -OCH3 is 1. The predicted molar refractivity (Wildman–Crippen MR) is 141 cm³/mol. The molecule has 8 bridgehead atoms. The smallest absolute Gasteiger partial charge is 0.311 e. The molecular weight excluding hydrogens is 472 g/mol. The number of fused-ring (bicyclic) bond motifs is 1. The van der Waals surface area contributed by atoms with Gasteiger partial charge in [0.15, 0.2) is 0 Å². The van der Waals surface area contributed by atoms with E-state index >= 15 is 0 Å². The summed E-state index contributed by atoms with van der Waals surface area (Å²) in [4.78, 5) is 30.0. The minimum absolute atomic E-state index is 0.0511. The Hall–Kier alpha value is -2.35. The van der Waals surface area contributed by atoms with Gasteiger partial charge in [-0.05, 0) is 141 Å². The molecule has 1 aromatic rings. The van der Waals surface area contributed by atoms with Crippen LogP contribution < -0.4 is 0 Å². The molecule has 0 N–H and O–H groups in total. The van der Waals surface area contributed by atoms with Crippen LogP contribution in [0.15, 0.2) is 18.2 Å². The molecule has 1 heterocycles. The summed E-state index contributed by atoms with van der Waals surface area (Å²) in [5.41, 5.74) is 3.06. The molecule has 1 amide bonds. The minimum atomic E-state index is -0.269. The zero-order valence-electron chi connectivity index (χ0n) is 22.8. The van der Waals surface area contributed by atoms with Crippen LogP contribution in [0.1, 0.15) is 93.7 Å². The molecule has 0 aromatic heterocycles. The second-order valence-corrected chi connectivity index (χ2v) is 15.1. The number of rotatable bonds is 3. The standard InChI is InChI=1S/C33H40N2O3/c1-38-29(37)31-11-24-7-25(12-31)16-33(15-24,20-31)32-13-22-6-23(14-32)10-30(9-22,19-32)28(36)35-5-4-26-3-2-21(17-34)8-27(26)18-35/h2-3,8,22-25H,4-7,9-16,18-20H2,1H3. The summed E-state index contributed by atoms with van der Waals surface area (Å²) >= 11 is 0. The molecule has 5 nitrogen and oxygen atoms in total. The maximum Gasteiger partial charge on any atom is 0.311 e. The van der Waals surface area contributed by atoms with Crippen molar-refractivity contribution in [3.05, 3.63) is 34.9 Å². The van der Waals surface area contributed by atoms with Gasteiger partial charge in [-0.15, -0.1) is 0 Å². The summed E-state index contributed by atoms with van der Waals surface area (Å²) in [6, 6.07) is 8.27. The highest BCUT2D eigenvalue weighted by Crippen LogP contribution is 2.78. The Morgan fingerprint density at radius 1 is 0.868 bits per heavy atom. The van der Waals surface area contributed by atoms with E-state index in [1.807, 2.05) is 12.1 Å². The summed E-state index contributed by atoms with van der Waals surface area (Å²) in [6.07, 6.45) is 14.9. The van der Waals surface area contributed by atoms with Crippen molar-refractivity contribution < 1.29 is 14.3 Å². The van der Waals surface area contributed by atoms with Crippen molar-refractivity contribution in [2.24, 2.45) is 45.3 Å². The van der Waals surface area contributed by atoms with Gasteiger partial charge in [-0.25, -0.2) is 0 Å². The van der Waals surface area contributed by atoms with Crippen molar-refractivity contribution in [1.29, 1.82) is 5.26 Å². The first-order chi connectivity index (χ1) is 18.3. The van der Waals surface area contributed by atoms with Crippen LogP contribution in [0.25, 0.3) is 0 Å². The Balaban J connectivity index is 1.14. The summed E-state index contributed by atoms with van der Waals surface area (Å²) < 4.78 is 5.46. The third-order valence-corrected chi connectivity index (χ3v) is 13.0. The van der Waals surface area contributed by atoms with Crippen LogP contribution in [0, 0.1) is 56.7 Å². The number of carbonyl (C=O) groups is 2. The van der Waals surface area contributed by atoms with E-state index in [1.165, 1.54) is 44.1 Å². The minimum Gasteiger partial charge on any atom is -0.469 e. The van der Waals surface area contributed by atoms with Crippen LogP contribution in [-0.2, 0) is 27.3 Å². The number of ether oxygens (including phenoxy) is 1. The van der Waals surface area contributed by atoms with E-state index in [0.717, 1.165) is 57.1 Å². The van der Waals surface area contributed by atoms with Gasteiger partial charge in [-0.1, -0.05) is 6.07 Å². The van der Waals surface area contributed by atoms with Crippen molar-refractivity contribution in [3.63, 3.8) is 0 Å². The topological polar surface area (TPSA) is 70.4 Å². The van der Waals surface area contributed by atoms with Crippen molar-refractivity contribution >= 4 is 11.9 Å². The van der Waals surface area contributed by atoms with Crippen molar-refractivity contribution in [2.75, 3.05) is 13.7 Å².